The van der Waals surface area contributed by atoms with Crippen LogP contribution >= 0.6 is 11.8 Å². The number of hydrogen-bond acceptors (Lipinski definition) is 7. The lowest BCUT2D eigenvalue weighted by molar-refractivity contribution is -0.129. The van der Waals surface area contributed by atoms with Crippen molar-refractivity contribution < 1.29 is 17.6 Å². The molecule has 1 N–H and O–H groups in total. The molecule has 1 aromatic carbocycles. The molecule has 1 aromatic heterocycles. The first-order valence-electron chi connectivity index (χ1n) is 9.12. The maximum atomic E-state index is 12.4. The van der Waals surface area contributed by atoms with E-state index in [0.717, 1.165) is 19.1 Å². The molecule has 1 saturated carbocycles. The Labute approximate surface area is 169 Å². The molecule has 0 radical (unpaired) electrons. The molecular formula is C18H24N4O4S2. The van der Waals surface area contributed by atoms with Crippen LogP contribution in [0.5, 0.6) is 0 Å². The first kappa shape index (κ1) is 20.7. The number of aromatic nitrogens is 2. The van der Waals surface area contributed by atoms with Gasteiger partial charge in [0, 0.05) is 24.3 Å². The Bertz CT molecular complexity index is 906. The molecule has 28 heavy (non-hydrogen) atoms. The summed E-state index contributed by atoms with van der Waals surface area (Å²) in [7, 11) is -1.46. The van der Waals surface area contributed by atoms with Crippen LogP contribution in [0.25, 0.3) is 11.5 Å². The van der Waals surface area contributed by atoms with Crippen LogP contribution in [0.4, 0.5) is 5.69 Å². The summed E-state index contributed by atoms with van der Waals surface area (Å²) < 4.78 is 30.5. The lowest BCUT2D eigenvalue weighted by atomic mass is 9.94. The van der Waals surface area contributed by atoms with E-state index in [1.807, 2.05) is 11.9 Å². The Morgan fingerprint density at radius 3 is 2.54 bits per heavy atom. The van der Waals surface area contributed by atoms with Crippen molar-refractivity contribution >= 4 is 33.4 Å². The van der Waals surface area contributed by atoms with Gasteiger partial charge in [-0.05, 0) is 37.1 Å². The van der Waals surface area contributed by atoms with Crippen molar-refractivity contribution in [3.63, 3.8) is 0 Å². The number of nitrogens with one attached hydrogen (secondary N) is 1. The minimum Gasteiger partial charge on any atom is -0.411 e. The number of hydrogen-bond donors (Lipinski definition) is 1. The molecule has 0 aliphatic heterocycles. The Kier molecular flexibility index (Phi) is 6.61. The third-order valence-corrected chi connectivity index (χ3v) is 6.09. The zero-order valence-electron chi connectivity index (χ0n) is 15.9. The number of sulfonamides is 1. The topological polar surface area (TPSA) is 105 Å². The normalized spacial score (nSPS) is 15.4. The van der Waals surface area contributed by atoms with Gasteiger partial charge in [-0.15, -0.1) is 10.2 Å². The van der Waals surface area contributed by atoms with Gasteiger partial charge >= 0.3 is 0 Å². The van der Waals surface area contributed by atoms with Gasteiger partial charge in [0.2, 0.25) is 21.8 Å². The Morgan fingerprint density at radius 2 is 1.89 bits per heavy atom. The zero-order chi connectivity index (χ0) is 20.1. The smallest absolute Gasteiger partial charge is 0.277 e. The largest absolute Gasteiger partial charge is 0.411 e. The van der Waals surface area contributed by atoms with Crippen molar-refractivity contribution in [2.45, 2.75) is 43.4 Å². The van der Waals surface area contributed by atoms with E-state index in [0.29, 0.717) is 28.4 Å². The van der Waals surface area contributed by atoms with E-state index in [2.05, 4.69) is 14.9 Å². The minimum absolute atomic E-state index is 0.0628. The fraction of sp³-hybridized carbons (Fsp3) is 0.500. The highest BCUT2D eigenvalue weighted by molar-refractivity contribution is 7.99. The molecular weight excluding hydrogens is 400 g/mol. The van der Waals surface area contributed by atoms with Gasteiger partial charge in [-0.2, -0.15) is 0 Å². The molecule has 1 fully saturated rings. The number of rotatable bonds is 7. The minimum atomic E-state index is -3.32. The van der Waals surface area contributed by atoms with Crippen LogP contribution in [0.3, 0.4) is 0 Å². The third-order valence-electron chi connectivity index (χ3n) is 4.68. The molecule has 0 atom stereocenters. The number of benzene rings is 1. The molecule has 1 aliphatic rings. The summed E-state index contributed by atoms with van der Waals surface area (Å²) in [6, 6.07) is 6.96. The molecule has 0 bridgehead atoms. The van der Waals surface area contributed by atoms with Crippen LogP contribution in [0.1, 0.15) is 32.1 Å². The van der Waals surface area contributed by atoms with Crippen LogP contribution in [-0.4, -0.2) is 54.5 Å². The number of anilines is 1. The van der Waals surface area contributed by atoms with Crippen LogP contribution in [0, 0.1) is 0 Å². The Balaban J connectivity index is 1.56. The van der Waals surface area contributed by atoms with E-state index in [-0.39, 0.29) is 11.7 Å². The maximum Gasteiger partial charge on any atom is 0.277 e. The second-order valence-corrected chi connectivity index (χ2v) is 9.58. The number of carbonyl (C=O) groups is 1. The van der Waals surface area contributed by atoms with E-state index >= 15 is 0 Å². The van der Waals surface area contributed by atoms with Crippen molar-refractivity contribution in [1.29, 1.82) is 0 Å². The lowest BCUT2D eigenvalue weighted by Gasteiger charge is -2.31. The fourth-order valence-electron chi connectivity index (χ4n) is 3.18. The SMILES string of the molecule is CN(C(=O)CSc1nnc(-c2ccc(NS(C)(=O)=O)cc2)o1)C1CCCCC1. The lowest BCUT2D eigenvalue weighted by Crippen LogP contribution is -2.39. The van der Waals surface area contributed by atoms with Crippen molar-refractivity contribution in [2.75, 3.05) is 23.8 Å². The summed E-state index contributed by atoms with van der Waals surface area (Å²) in [5.41, 5.74) is 1.13. The van der Waals surface area contributed by atoms with Crippen LogP contribution in [0.15, 0.2) is 33.9 Å². The predicted molar refractivity (Wildman–Crippen MR) is 109 cm³/mol. The van der Waals surface area contributed by atoms with Crippen LogP contribution < -0.4 is 4.72 Å². The Morgan fingerprint density at radius 1 is 1.21 bits per heavy atom. The summed E-state index contributed by atoms with van der Waals surface area (Å²) in [5, 5.41) is 8.32. The number of carbonyl (C=O) groups excluding carboxylic acids is 1. The van der Waals surface area contributed by atoms with Gasteiger partial charge in [-0.1, -0.05) is 31.0 Å². The second-order valence-electron chi connectivity index (χ2n) is 6.91. The van der Waals surface area contributed by atoms with Gasteiger partial charge in [0.25, 0.3) is 5.22 Å². The molecule has 8 nitrogen and oxygen atoms in total. The quantitative estimate of drug-likeness (QED) is 0.681. The Hall–Kier alpha value is -2.07. The van der Waals surface area contributed by atoms with Gasteiger partial charge in [0.1, 0.15) is 0 Å². The summed E-state index contributed by atoms with van der Waals surface area (Å²) in [4.78, 5) is 14.2. The summed E-state index contributed by atoms with van der Waals surface area (Å²) >= 11 is 1.22. The molecule has 3 rings (SSSR count). The maximum absolute atomic E-state index is 12.4. The summed E-state index contributed by atoms with van der Waals surface area (Å²) in [6.07, 6.45) is 6.85. The monoisotopic (exact) mass is 424 g/mol. The van der Waals surface area contributed by atoms with Crippen molar-refractivity contribution in [3.05, 3.63) is 24.3 Å². The van der Waals surface area contributed by atoms with Gasteiger partial charge < -0.3 is 9.32 Å². The molecule has 2 aromatic rings. The molecule has 10 heteroatoms. The van der Waals surface area contributed by atoms with Gasteiger partial charge in [0.15, 0.2) is 0 Å². The van der Waals surface area contributed by atoms with Crippen LogP contribution in [0.2, 0.25) is 0 Å². The standard InChI is InChI=1S/C18H24N4O4S2/c1-22(15-6-4-3-5-7-15)16(23)12-27-18-20-19-17(26-18)13-8-10-14(11-9-13)21-28(2,24)25/h8-11,15,21H,3-7,12H2,1-2H3. The molecule has 1 heterocycles. The summed E-state index contributed by atoms with van der Waals surface area (Å²) in [5.74, 6) is 0.639. The van der Waals surface area contributed by atoms with Gasteiger partial charge in [-0.25, -0.2) is 8.42 Å². The van der Waals surface area contributed by atoms with E-state index < -0.39 is 10.0 Å². The van der Waals surface area contributed by atoms with E-state index in [9.17, 15) is 13.2 Å². The van der Waals surface area contributed by atoms with Gasteiger partial charge in [0.05, 0.1) is 12.0 Å². The molecule has 0 unspecified atom stereocenters. The van der Waals surface area contributed by atoms with Crippen molar-refractivity contribution in [2.24, 2.45) is 0 Å². The van der Waals surface area contributed by atoms with Crippen molar-refractivity contribution in [1.82, 2.24) is 15.1 Å². The molecule has 152 valence electrons. The highest BCUT2D eigenvalue weighted by atomic mass is 32.2. The van der Waals surface area contributed by atoms with Crippen LogP contribution in [-0.2, 0) is 14.8 Å². The van der Waals surface area contributed by atoms with Gasteiger partial charge in [-0.3, -0.25) is 9.52 Å². The first-order valence-corrected chi connectivity index (χ1v) is 12.0. The molecule has 0 saturated heterocycles. The average Bonchev–Trinajstić information content (AvgIpc) is 3.14. The van der Waals surface area contributed by atoms with E-state index in [4.69, 9.17) is 4.42 Å². The molecule has 1 aliphatic carbocycles. The van der Waals surface area contributed by atoms with E-state index in [1.54, 1.807) is 24.3 Å². The first-order chi connectivity index (χ1) is 13.3. The highest BCUT2D eigenvalue weighted by Crippen LogP contribution is 2.26. The fourth-order valence-corrected chi connectivity index (χ4v) is 4.43. The van der Waals surface area contributed by atoms with E-state index in [1.165, 1.54) is 31.0 Å². The average molecular weight is 425 g/mol. The molecule has 1 amide bonds. The highest BCUT2D eigenvalue weighted by Gasteiger charge is 2.22. The number of nitrogens with zero attached hydrogens (tertiary/aromatic N) is 3. The number of thioether (sulfide) groups is 1. The zero-order valence-corrected chi connectivity index (χ0v) is 17.6. The predicted octanol–water partition coefficient (Wildman–Crippen LogP) is 2.99. The number of amides is 1. The summed E-state index contributed by atoms with van der Waals surface area (Å²) in [6.45, 7) is 0. The van der Waals surface area contributed by atoms with Crippen molar-refractivity contribution in [3.8, 4) is 11.5 Å². The molecule has 0 spiro atoms. The second kappa shape index (κ2) is 8.95. The third kappa shape index (κ3) is 5.71.